The number of amides is 1. The van der Waals surface area contributed by atoms with Crippen LogP contribution in [0.25, 0.3) is 0 Å². The largest absolute Gasteiger partial charge is 0.467 e. The molecule has 4 fully saturated rings. The Kier molecular flexibility index (Phi) is 4.21. The number of ether oxygens (including phenoxy) is 1. The Labute approximate surface area is 133 Å². The van der Waals surface area contributed by atoms with Gasteiger partial charge in [-0.15, -0.1) is 0 Å². The molecule has 4 aliphatic rings. The maximum Gasteiger partial charge on any atom is 0.328 e. The zero-order valence-electron chi connectivity index (χ0n) is 14.1. The minimum atomic E-state index is -0.495. The first kappa shape index (κ1) is 15.8. The maximum atomic E-state index is 13.0. The van der Waals surface area contributed by atoms with Crippen molar-refractivity contribution in [1.29, 1.82) is 0 Å². The topological polar surface area (TPSA) is 55.4 Å². The van der Waals surface area contributed by atoms with Crippen LogP contribution >= 0.6 is 0 Å². The third-order valence-electron chi connectivity index (χ3n) is 6.02. The Bertz CT molecular complexity index is 422. The van der Waals surface area contributed by atoms with Crippen molar-refractivity contribution in [2.75, 3.05) is 7.11 Å². The molecule has 0 aromatic carbocycles. The van der Waals surface area contributed by atoms with Crippen LogP contribution in [0.2, 0.25) is 0 Å². The van der Waals surface area contributed by atoms with Gasteiger partial charge in [0.1, 0.15) is 6.04 Å². The van der Waals surface area contributed by atoms with Crippen molar-refractivity contribution in [2.45, 2.75) is 64.8 Å². The highest BCUT2D eigenvalue weighted by Gasteiger charge is 2.54. The minimum Gasteiger partial charge on any atom is -0.467 e. The average molecular weight is 307 g/mol. The molecule has 124 valence electrons. The molecule has 1 atom stereocenters. The first-order valence-corrected chi connectivity index (χ1v) is 8.80. The van der Waals surface area contributed by atoms with Crippen LogP contribution in [0.15, 0.2) is 0 Å². The van der Waals surface area contributed by atoms with E-state index in [0.717, 1.165) is 37.0 Å². The van der Waals surface area contributed by atoms with E-state index in [1.165, 1.54) is 26.4 Å². The molecule has 4 saturated carbocycles. The number of hydrogen-bond acceptors (Lipinski definition) is 3. The highest BCUT2D eigenvalue weighted by atomic mass is 16.5. The summed E-state index contributed by atoms with van der Waals surface area (Å²) < 4.78 is 4.88. The van der Waals surface area contributed by atoms with Crippen LogP contribution in [0.4, 0.5) is 0 Å². The summed E-state index contributed by atoms with van der Waals surface area (Å²) >= 11 is 0. The molecule has 0 aromatic heterocycles. The van der Waals surface area contributed by atoms with Crippen molar-refractivity contribution in [1.82, 2.24) is 5.32 Å². The van der Waals surface area contributed by atoms with Crippen LogP contribution < -0.4 is 5.32 Å². The summed E-state index contributed by atoms with van der Waals surface area (Å²) in [5.74, 6) is 2.35. The molecule has 0 radical (unpaired) electrons. The van der Waals surface area contributed by atoms with Crippen LogP contribution in [0.3, 0.4) is 0 Å². The van der Waals surface area contributed by atoms with Crippen molar-refractivity contribution in [2.24, 2.45) is 29.1 Å². The first-order chi connectivity index (χ1) is 10.4. The lowest BCUT2D eigenvalue weighted by Crippen LogP contribution is -2.56. The Hall–Kier alpha value is -1.06. The second-order valence-electron chi connectivity index (χ2n) is 8.38. The molecule has 4 rings (SSSR count). The number of hydrogen-bond donors (Lipinski definition) is 1. The Morgan fingerprint density at radius 3 is 2.00 bits per heavy atom. The molecular formula is C18H29NO3. The molecule has 0 aromatic rings. The number of rotatable bonds is 5. The van der Waals surface area contributed by atoms with Crippen LogP contribution in [-0.4, -0.2) is 25.0 Å². The summed E-state index contributed by atoms with van der Waals surface area (Å²) in [7, 11) is 1.40. The van der Waals surface area contributed by atoms with Crippen LogP contribution in [0.1, 0.15) is 58.8 Å². The van der Waals surface area contributed by atoms with Gasteiger partial charge in [0.25, 0.3) is 0 Å². The summed E-state index contributed by atoms with van der Waals surface area (Å²) in [5.41, 5.74) is -0.196. The second kappa shape index (κ2) is 5.86. The van der Waals surface area contributed by atoms with Gasteiger partial charge < -0.3 is 10.1 Å². The van der Waals surface area contributed by atoms with E-state index < -0.39 is 6.04 Å². The van der Waals surface area contributed by atoms with E-state index in [-0.39, 0.29) is 17.3 Å². The Balaban J connectivity index is 1.71. The van der Waals surface area contributed by atoms with Crippen molar-refractivity contribution >= 4 is 11.9 Å². The first-order valence-electron chi connectivity index (χ1n) is 8.80. The number of carbonyl (C=O) groups is 2. The summed E-state index contributed by atoms with van der Waals surface area (Å²) in [4.78, 5) is 25.0. The molecule has 22 heavy (non-hydrogen) atoms. The molecule has 4 bridgehead atoms. The number of methoxy groups -OCH3 is 1. The van der Waals surface area contributed by atoms with Crippen LogP contribution in [-0.2, 0) is 14.3 Å². The normalized spacial score (nSPS) is 37.2. The standard InChI is InChI=1S/C18H29NO3/c1-11(2)4-15(16(20)22-3)19-17(21)18-8-12-5-13(9-18)7-14(6-12)10-18/h11-15H,4-10H2,1-3H3,(H,19,21)/t12?,13?,14?,15-,18?/m0/s1. The third-order valence-corrected chi connectivity index (χ3v) is 6.02. The van der Waals surface area contributed by atoms with Crippen molar-refractivity contribution < 1.29 is 14.3 Å². The molecule has 1 amide bonds. The predicted molar refractivity (Wildman–Crippen MR) is 84.0 cm³/mol. The molecule has 4 heteroatoms. The lowest BCUT2D eigenvalue weighted by atomic mass is 9.49. The summed E-state index contributed by atoms with van der Waals surface area (Å²) in [6.45, 7) is 4.12. The zero-order chi connectivity index (χ0) is 15.9. The van der Waals surface area contributed by atoms with Crippen molar-refractivity contribution in [3.8, 4) is 0 Å². The number of esters is 1. The van der Waals surface area contributed by atoms with Gasteiger partial charge >= 0.3 is 5.97 Å². The van der Waals surface area contributed by atoms with Gasteiger partial charge in [0, 0.05) is 5.41 Å². The van der Waals surface area contributed by atoms with E-state index in [1.807, 2.05) is 0 Å². The maximum absolute atomic E-state index is 13.0. The molecule has 0 spiro atoms. The fraction of sp³-hybridized carbons (Fsp3) is 0.889. The average Bonchev–Trinajstić information content (AvgIpc) is 2.43. The molecule has 0 unspecified atom stereocenters. The summed E-state index contributed by atoms with van der Waals surface area (Å²) in [5, 5.41) is 3.04. The number of carbonyl (C=O) groups excluding carboxylic acids is 2. The van der Waals surface area contributed by atoms with E-state index in [9.17, 15) is 9.59 Å². The molecule has 0 heterocycles. The minimum absolute atomic E-state index is 0.114. The molecule has 1 N–H and O–H groups in total. The number of nitrogens with one attached hydrogen (secondary N) is 1. The van der Waals surface area contributed by atoms with E-state index in [4.69, 9.17) is 4.74 Å². The molecule has 0 saturated heterocycles. The zero-order valence-corrected chi connectivity index (χ0v) is 14.1. The Morgan fingerprint density at radius 2 is 1.59 bits per heavy atom. The van der Waals surface area contributed by atoms with Gasteiger partial charge in [-0.05, 0) is 68.6 Å². The van der Waals surface area contributed by atoms with E-state index >= 15 is 0 Å². The quantitative estimate of drug-likeness (QED) is 0.795. The fourth-order valence-electron chi connectivity index (χ4n) is 5.53. The van der Waals surface area contributed by atoms with Gasteiger partial charge in [-0.1, -0.05) is 13.8 Å². The van der Waals surface area contributed by atoms with E-state index in [2.05, 4.69) is 19.2 Å². The summed E-state index contributed by atoms with van der Waals surface area (Å²) in [6.07, 6.45) is 7.68. The van der Waals surface area contributed by atoms with Gasteiger partial charge in [0.05, 0.1) is 7.11 Å². The molecule has 4 nitrogen and oxygen atoms in total. The smallest absolute Gasteiger partial charge is 0.328 e. The monoisotopic (exact) mass is 307 g/mol. The van der Waals surface area contributed by atoms with Crippen molar-refractivity contribution in [3.05, 3.63) is 0 Å². The van der Waals surface area contributed by atoms with Crippen LogP contribution in [0, 0.1) is 29.1 Å². The lowest BCUT2D eigenvalue weighted by Gasteiger charge is -2.55. The van der Waals surface area contributed by atoms with E-state index in [1.54, 1.807) is 0 Å². The highest BCUT2D eigenvalue weighted by molar-refractivity contribution is 5.88. The highest BCUT2D eigenvalue weighted by Crippen LogP contribution is 2.60. The Morgan fingerprint density at radius 1 is 1.09 bits per heavy atom. The van der Waals surface area contributed by atoms with Crippen LogP contribution in [0.5, 0.6) is 0 Å². The SMILES string of the molecule is COC(=O)[C@H](CC(C)C)NC(=O)C12CC3CC(CC(C3)C1)C2. The lowest BCUT2D eigenvalue weighted by molar-refractivity contribution is -0.153. The molecule has 4 aliphatic carbocycles. The second-order valence-corrected chi connectivity index (χ2v) is 8.38. The van der Waals surface area contributed by atoms with Gasteiger partial charge in [0.15, 0.2) is 0 Å². The summed E-state index contributed by atoms with van der Waals surface area (Å²) in [6, 6.07) is -0.495. The van der Waals surface area contributed by atoms with Gasteiger partial charge in [-0.3, -0.25) is 4.79 Å². The predicted octanol–water partition coefficient (Wildman–Crippen LogP) is 2.91. The third kappa shape index (κ3) is 2.89. The van der Waals surface area contributed by atoms with Gasteiger partial charge in [-0.2, -0.15) is 0 Å². The van der Waals surface area contributed by atoms with Gasteiger partial charge in [-0.25, -0.2) is 4.79 Å². The van der Waals surface area contributed by atoms with E-state index in [0.29, 0.717) is 12.3 Å². The fourth-order valence-corrected chi connectivity index (χ4v) is 5.53. The van der Waals surface area contributed by atoms with Gasteiger partial charge in [0.2, 0.25) is 5.91 Å². The molecule has 0 aliphatic heterocycles. The van der Waals surface area contributed by atoms with Crippen molar-refractivity contribution in [3.63, 3.8) is 0 Å². The molecular weight excluding hydrogens is 278 g/mol.